The van der Waals surface area contributed by atoms with Crippen LogP contribution in [0.4, 0.5) is 5.82 Å². The van der Waals surface area contributed by atoms with Crippen LogP contribution in [-0.4, -0.2) is 50.7 Å². The second-order valence-corrected chi connectivity index (χ2v) is 6.54. The number of rotatable bonds is 7. The van der Waals surface area contributed by atoms with Crippen LogP contribution >= 0.6 is 0 Å². The Morgan fingerprint density at radius 3 is 3.04 bits per heavy atom. The molecule has 0 saturated carbocycles. The highest BCUT2D eigenvalue weighted by molar-refractivity contribution is 5.85. The third-order valence-corrected chi connectivity index (χ3v) is 4.65. The summed E-state index contributed by atoms with van der Waals surface area (Å²) in [6.45, 7) is 3.59. The SMILES string of the molecule is COCCn1cc2c(NCC(C)(O)C3CC=CCC3)ncnc2n1. The molecule has 2 unspecified atom stereocenters. The van der Waals surface area contributed by atoms with Crippen LogP contribution < -0.4 is 5.32 Å². The van der Waals surface area contributed by atoms with Crippen LogP contribution in [0.25, 0.3) is 11.0 Å². The van der Waals surface area contributed by atoms with Gasteiger partial charge in [0.15, 0.2) is 5.65 Å². The van der Waals surface area contributed by atoms with Crippen molar-refractivity contribution in [2.75, 3.05) is 25.6 Å². The summed E-state index contributed by atoms with van der Waals surface area (Å²) in [4.78, 5) is 8.53. The van der Waals surface area contributed by atoms with Gasteiger partial charge in [-0.2, -0.15) is 5.10 Å². The van der Waals surface area contributed by atoms with Crippen molar-refractivity contribution in [3.63, 3.8) is 0 Å². The van der Waals surface area contributed by atoms with Crippen LogP contribution in [-0.2, 0) is 11.3 Å². The number of fused-ring (bicyclic) bond motifs is 1. The third kappa shape index (κ3) is 3.73. The van der Waals surface area contributed by atoms with Gasteiger partial charge in [0.25, 0.3) is 0 Å². The number of nitrogens with zero attached hydrogens (tertiary/aromatic N) is 4. The topological polar surface area (TPSA) is 85.1 Å². The standard InChI is InChI=1S/C17H25N5O2/c1-17(23,13-6-4-3-5-7-13)11-18-15-14-10-22(8-9-24-2)21-16(14)20-12-19-15/h3-4,10,12-13,23H,5-9,11H2,1-2H3,(H,18,19,20,21). The molecule has 0 aliphatic heterocycles. The second-order valence-electron chi connectivity index (χ2n) is 6.54. The fourth-order valence-electron chi connectivity index (χ4n) is 3.09. The number of anilines is 1. The Balaban J connectivity index is 1.72. The maximum atomic E-state index is 10.8. The Hall–Kier alpha value is -1.99. The van der Waals surface area contributed by atoms with Crippen LogP contribution in [0.5, 0.6) is 0 Å². The normalized spacial score (nSPS) is 20.2. The Bertz CT molecular complexity index is 710. The molecule has 0 amide bonds. The number of methoxy groups -OCH3 is 1. The summed E-state index contributed by atoms with van der Waals surface area (Å²) < 4.78 is 6.88. The molecule has 130 valence electrons. The summed E-state index contributed by atoms with van der Waals surface area (Å²) in [7, 11) is 1.67. The molecule has 3 rings (SSSR count). The fraction of sp³-hybridized carbons (Fsp3) is 0.588. The van der Waals surface area contributed by atoms with Crippen molar-refractivity contribution < 1.29 is 9.84 Å². The van der Waals surface area contributed by atoms with E-state index in [1.165, 1.54) is 6.33 Å². The minimum Gasteiger partial charge on any atom is -0.388 e. The number of hydrogen-bond donors (Lipinski definition) is 2. The van der Waals surface area contributed by atoms with E-state index in [9.17, 15) is 5.11 Å². The van der Waals surface area contributed by atoms with E-state index in [0.717, 1.165) is 24.6 Å². The molecule has 1 aliphatic carbocycles. The van der Waals surface area contributed by atoms with E-state index in [1.54, 1.807) is 11.8 Å². The van der Waals surface area contributed by atoms with E-state index >= 15 is 0 Å². The molecule has 0 radical (unpaired) electrons. The van der Waals surface area contributed by atoms with Gasteiger partial charge in [-0.25, -0.2) is 9.97 Å². The van der Waals surface area contributed by atoms with Crippen LogP contribution in [0.1, 0.15) is 26.2 Å². The molecule has 1 aliphatic rings. The van der Waals surface area contributed by atoms with Crippen molar-refractivity contribution in [1.29, 1.82) is 0 Å². The molecule has 0 saturated heterocycles. The lowest BCUT2D eigenvalue weighted by molar-refractivity contribution is 0.00753. The van der Waals surface area contributed by atoms with Crippen LogP contribution in [0.3, 0.4) is 0 Å². The maximum absolute atomic E-state index is 10.8. The van der Waals surface area contributed by atoms with Crippen LogP contribution in [0.15, 0.2) is 24.7 Å². The Labute approximate surface area is 141 Å². The Kier molecular flexibility index (Phi) is 5.11. The highest BCUT2D eigenvalue weighted by Gasteiger charge is 2.31. The Morgan fingerprint density at radius 1 is 1.42 bits per heavy atom. The van der Waals surface area contributed by atoms with Crippen molar-refractivity contribution in [1.82, 2.24) is 19.7 Å². The average Bonchev–Trinajstić information content (AvgIpc) is 3.02. The van der Waals surface area contributed by atoms with Crippen molar-refractivity contribution in [3.8, 4) is 0 Å². The van der Waals surface area contributed by atoms with Gasteiger partial charge in [-0.15, -0.1) is 0 Å². The molecule has 0 bridgehead atoms. The van der Waals surface area contributed by atoms with Gasteiger partial charge in [-0.05, 0) is 32.1 Å². The van der Waals surface area contributed by atoms with E-state index in [1.807, 2.05) is 13.1 Å². The molecule has 2 aromatic heterocycles. The number of aliphatic hydroxyl groups is 1. The molecule has 0 aromatic carbocycles. The summed E-state index contributed by atoms with van der Waals surface area (Å²) in [5.41, 5.74) is -0.141. The smallest absolute Gasteiger partial charge is 0.186 e. The number of allylic oxidation sites excluding steroid dienone is 2. The first-order valence-electron chi connectivity index (χ1n) is 8.38. The van der Waals surface area contributed by atoms with Gasteiger partial charge < -0.3 is 15.2 Å². The average molecular weight is 331 g/mol. The van der Waals surface area contributed by atoms with Crippen LogP contribution in [0, 0.1) is 5.92 Å². The highest BCUT2D eigenvalue weighted by atomic mass is 16.5. The summed E-state index contributed by atoms with van der Waals surface area (Å²) in [5.74, 6) is 0.965. The van der Waals surface area contributed by atoms with E-state index in [4.69, 9.17) is 4.74 Å². The highest BCUT2D eigenvalue weighted by Crippen LogP contribution is 2.30. The molecule has 0 fully saturated rings. The summed E-state index contributed by atoms with van der Waals surface area (Å²) in [6, 6.07) is 0. The van der Waals surface area contributed by atoms with E-state index in [2.05, 4.69) is 32.5 Å². The van der Waals surface area contributed by atoms with Gasteiger partial charge in [-0.1, -0.05) is 12.2 Å². The summed E-state index contributed by atoms with van der Waals surface area (Å²) in [5, 5.41) is 19.4. The summed E-state index contributed by atoms with van der Waals surface area (Å²) >= 11 is 0. The largest absolute Gasteiger partial charge is 0.388 e. The zero-order valence-corrected chi connectivity index (χ0v) is 14.3. The lowest BCUT2D eigenvalue weighted by Crippen LogP contribution is -2.42. The molecule has 2 heterocycles. The van der Waals surface area contributed by atoms with Crippen LogP contribution in [0.2, 0.25) is 0 Å². The van der Waals surface area contributed by atoms with E-state index in [-0.39, 0.29) is 5.92 Å². The van der Waals surface area contributed by atoms with Gasteiger partial charge in [0.05, 0.1) is 24.1 Å². The molecule has 7 nitrogen and oxygen atoms in total. The molecule has 2 aromatic rings. The fourth-order valence-corrected chi connectivity index (χ4v) is 3.09. The third-order valence-electron chi connectivity index (χ3n) is 4.65. The second kappa shape index (κ2) is 7.27. The first-order valence-corrected chi connectivity index (χ1v) is 8.38. The number of aromatic nitrogens is 4. The van der Waals surface area contributed by atoms with Crippen molar-refractivity contribution in [2.24, 2.45) is 5.92 Å². The molecule has 24 heavy (non-hydrogen) atoms. The minimum atomic E-state index is -0.784. The number of hydrogen-bond acceptors (Lipinski definition) is 6. The van der Waals surface area contributed by atoms with Gasteiger partial charge in [0, 0.05) is 19.9 Å². The van der Waals surface area contributed by atoms with Gasteiger partial charge in [0.1, 0.15) is 12.1 Å². The maximum Gasteiger partial charge on any atom is 0.186 e. The lowest BCUT2D eigenvalue weighted by atomic mass is 9.80. The molecular formula is C17H25N5O2. The summed E-state index contributed by atoms with van der Waals surface area (Å²) in [6.07, 6.45) is 10.7. The van der Waals surface area contributed by atoms with Gasteiger partial charge >= 0.3 is 0 Å². The molecule has 2 atom stereocenters. The van der Waals surface area contributed by atoms with Crippen molar-refractivity contribution in [2.45, 2.75) is 38.3 Å². The predicted octanol–water partition coefficient (Wildman–Crippen LogP) is 1.99. The molecule has 2 N–H and O–H groups in total. The minimum absolute atomic E-state index is 0.261. The van der Waals surface area contributed by atoms with Crippen molar-refractivity contribution >= 4 is 16.9 Å². The van der Waals surface area contributed by atoms with E-state index in [0.29, 0.717) is 31.2 Å². The zero-order valence-electron chi connectivity index (χ0n) is 14.3. The van der Waals surface area contributed by atoms with Gasteiger partial charge in [-0.3, -0.25) is 4.68 Å². The number of nitrogens with one attached hydrogen (secondary N) is 1. The monoisotopic (exact) mass is 331 g/mol. The van der Waals surface area contributed by atoms with Crippen molar-refractivity contribution in [3.05, 3.63) is 24.7 Å². The zero-order chi connectivity index (χ0) is 17.0. The molecule has 7 heteroatoms. The first kappa shape index (κ1) is 16.9. The predicted molar refractivity (Wildman–Crippen MR) is 92.8 cm³/mol. The van der Waals surface area contributed by atoms with Gasteiger partial charge in [0.2, 0.25) is 0 Å². The molecule has 0 spiro atoms. The Morgan fingerprint density at radius 2 is 2.29 bits per heavy atom. The quantitative estimate of drug-likeness (QED) is 0.755. The van der Waals surface area contributed by atoms with E-state index < -0.39 is 5.60 Å². The number of ether oxygens (including phenoxy) is 1. The lowest BCUT2D eigenvalue weighted by Gasteiger charge is -2.34. The molecular weight excluding hydrogens is 306 g/mol. The first-order chi connectivity index (χ1) is 11.6.